The molecule has 0 atom stereocenters. The summed E-state index contributed by atoms with van der Waals surface area (Å²) < 4.78 is 10.7. The summed E-state index contributed by atoms with van der Waals surface area (Å²) >= 11 is 0. The topological polar surface area (TPSA) is 109 Å². The van der Waals surface area contributed by atoms with E-state index in [0.29, 0.717) is 29.2 Å². The first kappa shape index (κ1) is 21.1. The average Bonchev–Trinajstić information content (AvgIpc) is 2.66. The van der Waals surface area contributed by atoms with Gasteiger partial charge in [0, 0.05) is 35.0 Å². The molecule has 0 spiro atoms. The fourth-order valence-electron chi connectivity index (χ4n) is 2.84. The summed E-state index contributed by atoms with van der Waals surface area (Å²) in [6, 6.07) is 9.04. The Morgan fingerprint density at radius 2 is 1.71 bits per heavy atom. The first-order valence-corrected chi connectivity index (χ1v) is 9.01. The molecule has 0 radical (unpaired) electrons. The lowest BCUT2D eigenvalue weighted by Gasteiger charge is -2.17. The third-order valence-electron chi connectivity index (χ3n) is 4.32. The molecule has 7 heteroatoms. The Kier molecular flexibility index (Phi) is 6.87. The van der Waals surface area contributed by atoms with E-state index < -0.39 is 0 Å². The number of carbonyl (C=O) groups excluding carboxylic acids is 1. The number of nitrogens with one attached hydrogen (secondary N) is 3. The highest BCUT2D eigenvalue weighted by Gasteiger charge is 2.14. The Morgan fingerprint density at radius 3 is 2.21 bits per heavy atom. The number of amides is 1. The maximum absolute atomic E-state index is 12.7. The molecule has 0 saturated carbocycles. The largest absolute Gasteiger partial charge is 0.496 e. The molecule has 28 heavy (non-hydrogen) atoms. The molecule has 0 fully saturated rings. The number of carbonyl (C=O) groups is 1. The van der Waals surface area contributed by atoms with Crippen molar-refractivity contribution in [1.82, 2.24) is 5.32 Å². The van der Waals surface area contributed by atoms with Crippen molar-refractivity contribution in [3.63, 3.8) is 0 Å². The summed E-state index contributed by atoms with van der Waals surface area (Å²) in [6.07, 6.45) is 0. The number of ether oxygens (including phenoxy) is 2. The zero-order chi connectivity index (χ0) is 20.8. The fourth-order valence-corrected chi connectivity index (χ4v) is 2.84. The Bertz CT molecular complexity index is 853. The van der Waals surface area contributed by atoms with E-state index in [1.54, 1.807) is 32.4 Å². The quantitative estimate of drug-likeness (QED) is 0.413. The molecule has 0 unspecified atom stereocenters. The summed E-state index contributed by atoms with van der Waals surface area (Å²) in [5.74, 6) is 0.957. The molecule has 0 aliphatic carbocycles. The van der Waals surface area contributed by atoms with Crippen LogP contribution in [0.25, 0.3) is 0 Å². The molecule has 2 aromatic carbocycles. The summed E-state index contributed by atoms with van der Waals surface area (Å²) in [6.45, 7) is 6.24. The predicted molar refractivity (Wildman–Crippen MR) is 112 cm³/mol. The molecule has 150 valence electrons. The van der Waals surface area contributed by atoms with Crippen LogP contribution >= 0.6 is 0 Å². The van der Waals surface area contributed by atoms with Crippen LogP contribution in [0.1, 0.15) is 40.9 Å². The lowest BCUT2D eigenvalue weighted by atomic mass is 10.1. The Balaban J connectivity index is 2.24. The van der Waals surface area contributed by atoms with E-state index in [4.69, 9.17) is 20.6 Å². The Morgan fingerprint density at radius 1 is 1.11 bits per heavy atom. The van der Waals surface area contributed by atoms with Gasteiger partial charge in [-0.1, -0.05) is 12.1 Å². The second-order valence-electron chi connectivity index (χ2n) is 6.77. The molecule has 7 nitrogen and oxygen atoms in total. The van der Waals surface area contributed by atoms with E-state index in [2.05, 4.69) is 10.6 Å². The van der Waals surface area contributed by atoms with Crippen molar-refractivity contribution in [3.05, 3.63) is 52.6 Å². The second-order valence-corrected chi connectivity index (χ2v) is 6.77. The van der Waals surface area contributed by atoms with Gasteiger partial charge in [0.05, 0.1) is 14.2 Å². The van der Waals surface area contributed by atoms with Crippen molar-refractivity contribution in [2.45, 2.75) is 33.4 Å². The zero-order valence-corrected chi connectivity index (χ0v) is 17.0. The third kappa shape index (κ3) is 4.94. The van der Waals surface area contributed by atoms with E-state index in [0.717, 1.165) is 16.8 Å². The van der Waals surface area contributed by atoms with Crippen LogP contribution in [0.15, 0.2) is 30.3 Å². The van der Waals surface area contributed by atoms with Gasteiger partial charge in [-0.2, -0.15) is 0 Å². The highest BCUT2D eigenvalue weighted by molar-refractivity contribution is 5.96. The van der Waals surface area contributed by atoms with Gasteiger partial charge >= 0.3 is 0 Å². The molecular weight excluding hydrogens is 356 g/mol. The van der Waals surface area contributed by atoms with Crippen molar-refractivity contribution < 1.29 is 14.3 Å². The maximum Gasteiger partial charge on any atom is 0.251 e. The zero-order valence-electron chi connectivity index (χ0n) is 17.0. The monoisotopic (exact) mass is 384 g/mol. The highest BCUT2D eigenvalue weighted by atomic mass is 16.5. The minimum atomic E-state index is -0.234. The van der Waals surface area contributed by atoms with Gasteiger partial charge in [-0.15, -0.1) is 0 Å². The van der Waals surface area contributed by atoms with Crippen molar-refractivity contribution in [1.29, 1.82) is 5.41 Å². The lowest BCUT2D eigenvalue weighted by molar-refractivity contribution is 0.0950. The number of amidine groups is 1. The summed E-state index contributed by atoms with van der Waals surface area (Å²) in [5.41, 5.74) is 9.25. The molecule has 0 bridgehead atoms. The van der Waals surface area contributed by atoms with Gasteiger partial charge in [-0.05, 0) is 44.5 Å². The summed E-state index contributed by atoms with van der Waals surface area (Å²) in [7, 11) is 3.12. The van der Waals surface area contributed by atoms with Gasteiger partial charge in [0.2, 0.25) is 0 Å². The van der Waals surface area contributed by atoms with Gasteiger partial charge in [0.1, 0.15) is 17.3 Å². The highest BCUT2D eigenvalue weighted by Crippen LogP contribution is 2.29. The van der Waals surface area contributed by atoms with Crippen LogP contribution in [0.2, 0.25) is 0 Å². The summed E-state index contributed by atoms with van der Waals surface area (Å²) in [4.78, 5) is 12.7. The SMILES string of the molecule is COc1cc(C(=O)NCc2ccc(C(=N)N)cc2NC(C)C)cc(OC)c1C. The van der Waals surface area contributed by atoms with Crippen LogP contribution in [-0.4, -0.2) is 32.0 Å². The number of nitrogens with two attached hydrogens (primary N) is 1. The molecule has 0 aliphatic rings. The predicted octanol–water partition coefficient (Wildman–Crippen LogP) is 3.05. The van der Waals surface area contributed by atoms with E-state index in [-0.39, 0.29) is 17.8 Å². The van der Waals surface area contributed by atoms with Gasteiger partial charge in [0.25, 0.3) is 5.91 Å². The number of hydrogen-bond donors (Lipinski definition) is 4. The van der Waals surface area contributed by atoms with Crippen molar-refractivity contribution in [3.8, 4) is 11.5 Å². The molecule has 0 aromatic heterocycles. The Labute approximate surface area is 165 Å². The molecule has 2 aromatic rings. The first-order chi connectivity index (χ1) is 13.3. The van der Waals surface area contributed by atoms with Crippen LogP contribution in [0.4, 0.5) is 5.69 Å². The number of benzene rings is 2. The van der Waals surface area contributed by atoms with Gasteiger partial charge in [-0.3, -0.25) is 10.2 Å². The molecule has 0 heterocycles. The van der Waals surface area contributed by atoms with Gasteiger partial charge in [0.15, 0.2) is 0 Å². The van der Waals surface area contributed by atoms with E-state index in [1.165, 1.54) is 0 Å². The molecule has 2 rings (SSSR count). The third-order valence-corrected chi connectivity index (χ3v) is 4.32. The number of hydrogen-bond acceptors (Lipinski definition) is 5. The normalized spacial score (nSPS) is 10.5. The van der Waals surface area contributed by atoms with Gasteiger partial charge in [-0.25, -0.2) is 0 Å². The number of methoxy groups -OCH3 is 2. The van der Waals surface area contributed by atoms with Crippen molar-refractivity contribution >= 4 is 17.4 Å². The van der Waals surface area contributed by atoms with Gasteiger partial charge < -0.3 is 25.8 Å². The average molecular weight is 384 g/mol. The van der Waals surface area contributed by atoms with E-state index >= 15 is 0 Å². The van der Waals surface area contributed by atoms with Crippen molar-refractivity contribution in [2.24, 2.45) is 5.73 Å². The maximum atomic E-state index is 12.7. The minimum Gasteiger partial charge on any atom is -0.496 e. The minimum absolute atomic E-state index is 0.00115. The van der Waals surface area contributed by atoms with E-state index in [1.807, 2.05) is 32.9 Å². The molecule has 0 aliphatic heterocycles. The Hall–Kier alpha value is -3.22. The summed E-state index contributed by atoms with van der Waals surface area (Å²) in [5, 5.41) is 13.9. The first-order valence-electron chi connectivity index (χ1n) is 9.01. The smallest absolute Gasteiger partial charge is 0.251 e. The standard InChI is InChI=1S/C21H28N4O3/c1-12(2)25-17-8-14(20(22)23)6-7-15(17)11-24-21(26)16-9-18(27-4)13(3)19(10-16)28-5/h6-10,12,25H,11H2,1-5H3,(H3,22,23)(H,24,26). The second kappa shape index (κ2) is 9.12. The fraction of sp³-hybridized carbons (Fsp3) is 0.333. The van der Waals surface area contributed by atoms with Crippen LogP contribution in [0, 0.1) is 12.3 Å². The molecule has 5 N–H and O–H groups in total. The van der Waals surface area contributed by atoms with Crippen LogP contribution in [-0.2, 0) is 6.54 Å². The van der Waals surface area contributed by atoms with Crippen LogP contribution in [0.3, 0.4) is 0 Å². The van der Waals surface area contributed by atoms with Crippen LogP contribution in [0.5, 0.6) is 11.5 Å². The van der Waals surface area contributed by atoms with Crippen molar-refractivity contribution in [2.75, 3.05) is 19.5 Å². The lowest BCUT2D eigenvalue weighted by Crippen LogP contribution is -2.24. The number of rotatable bonds is 8. The number of nitrogen functional groups attached to an aromatic ring is 1. The van der Waals surface area contributed by atoms with Crippen LogP contribution < -0.4 is 25.8 Å². The number of anilines is 1. The molecule has 0 saturated heterocycles. The molecular formula is C21H28N4O3. The van der Waals surface area contributed by atoms with E-state index in [9.17, 15) is 4.79 Å². The molecule has 1 amide bonds.